The summed E-state index contributed by atoms with van der Waals surface area (Å²) < 4.78 is 56.5. The molecule has 1 heterocycles. The van der Waals surface area contributed by atoms with Gasteiger partial charge in [-0.15, -0.1) is 0 Å². The zero-order valence-electron chi connectivity index (χ0n) is 19.0. The molecule has 0 aromatic heterocycles. The van der Waals surface area contributed by atoms with Gasteiger partial charge in [0, 0.05) is 19.6 Å². The number of fused-ring (bicyclic) bond motifs is 1. The maximum absolute atomic E-state index is 14.2. The van der Waals surface area contributed by atoms with Crippen LogP contribution >= 0.6 is 0 Å². The fourth-order valence-corrected chi connectivity index (χ4v) is 4.93. The molecule has 0 radical (unpaired) electrons. The van der Waals surface area contributed by atoms with Gasteiger partial charge in [-0.3, -0.25) is 4.79 Å². The van der Waals surface area contributed by atoms with Crippen LogP contribution in [0.3, 0.4) is 0 Å². The van der Waals surface area contributed by atoms with Crippen molar-refractivity contribution in [2.24, 2.45) is 0 Å². The molecule has 0 saturated heterocycles. The van der Waals surface area contributed by atoms with Crippen LogP contribution in [0.5, 0.6) is 11.5 Å². The molecule has 1 aliphatic rings. The summed E-state index contributed by atoms with van der Waals surface area (Å²) in [6.45, 7) is 4.29. The number of halogens is 1. The van der Waals surface area contributed by atoms with Crippen molar-refractivity contribution in [3.63, 3.8) is 0 Å². The normalized spacial score (nSPS) is 12.9. The second-order valence-corrected chi connectivity index (χ2v) is 9.29. The lowest BCUT2D eigenvalue weighted by Crippen LogP contribution is -2.31. The molecule has 2 aromatic rings. The second-order valence-electron chi connectivity index (χ2n) is 7.39. The van der Waals surface area contributed by atoms with Crippen LogP contribution in [0.2, 0.25) is 0 Å². The van der Waals surface area contributed by atoms with E-state index in [0.717, 1.165) is 28.1 Å². The van der Waals surface area contributed by atoms with Crippen molar-refractivity contribution < 1.29 is 36.6 Å². The number of rotatable bonds is 10. The maximum Gasteiger partial charge on any atom is 0.338 e. The molecule has 184 valence electrons. The monoisotopic (exact) mass is 494 g/mol. The van der Waals surface area contributed by atoms with Crippen LogP contribution in [-0.4, -0.2) is 64.1 Å². The Labute approximate surface area is 197 Å². The van der Waals surface area contributed by atoms with E-state index < -0.39 is 39.2 Å². The van der Waals surface area contributed by atoms with E-state index in [1.54, 1.807) is 13.8 Å². The SMILES string of the molecule is CCN(CC)S(=O)(=O)c1cc(C(=O)OCC(=O)NCCc2ccc3c(c2)OCCO3)ccc1F. The molecule has 0 saturated carbocycles. The van der Waals surface area contributed by atoms with Crippen LogP contribution in [0.25, 0.3) is 0 Å². The van der Waals surface area contributed by atoms with Crippen molar-refractivity contribution in [1.82, 2.24) is 9.62 Å². The van der Waals surface area contributed by atoms with Crippen molar-refractivity contribution in [2.45, 2.75) is 25.2 Å². The van der Waals surface area contributed by atoms with Crippen molar-refractivity contribution in [3.8, 4) is 11.5 Å². The Balaban J connectivity index is 1.53. The minimum atomic E-state index is -4.11. The van der Waals surface area contributed by atoms with E-state index in [-0.39, 0.29) is 18.7 Å². The van der Waals surface area contributed by atoms with Gasteiger partial charge in [0.05, 0.1) is 5.56 Å². The van der Waals surface area contributed by atoms with E-state index in [2.05, 4.69) is 5.32 Å². The summed E-state index contributed by atoms with van der Waals surface area (Å²) in [6, 6.07) is 8.45. The number of nitrogens with one attached hydrogen (secondary N) is 1. The third kappa shape index (κ3) is 6.03. The largest absolute Gasteiger partial charge is 0.486 e. The lowest BCUT2D eigenvalue weighted by atomic mass is 10.1. The molecule has 34 heavy (non-hydrogen) atoms. The third-order valence-electron chi connectivity index (χ3n) is 5.17. The van der Waals surface area contributed by atoms with Gasteiger partial charge in [-0.2, -0.15) is 4.31 Å². The minimum absolute atomic E-state index is 0.152. The Kier molecular flexibility index (Phi) is 8.46. The first kappa shape index (κ1) is 25.4. The molecule has 1 amide bonds. The number of hydrogen-bond acceptors (Lipinski definition) is 7. The second kappa shape index (κ2) is 11.3. The van der Waals surface area contributed by atoms with Crippen LogP contribution < -0.4 is 14.8 Å². The van der Waals surface area contributed by atoms with Gasteiger partial charge in [-0.1, -0.05) is 19.9 Å². The van der Waals surface area contributed by atoms with Gasteiger partial charge in [0.2, 0.25) is 10.0 Å². The Morgan fingerprint density at radius 2 is 1.76 bits per heavy atom. The Morgan fingerprint density at radius 1 is 1.06 bits per heavy atom. The van der Waals surface area contributed by atoms with Crippen molar-refractivity contribution in [1.29, 1.82) is 0 Å². The summed E-state index contributed by atoms with van der Waals surface area (Å²) in [6.07, 6.45) is 0.529. The molecule has 1 aliphatic heterocycles. The van der Waals surface area contributed by atoms with E-state index in [0.29, 0.717) is 37.7 Å². The molecule has 0 aliphatic carbocycles. The zero-order chi connectivity index (χ0) is 24.7. The number of hydrogen-bond donors (Lipinski definition) is 1. The quantitative estimate of drug-likeness (QED) is 0.504. The van der Waals surface area contributed by atoms with Gasteiger partial charge in [0.1, 0.15) is 23.9 Å². The number of amides is 1. The van der Waals surface area contributed by atoms with Gasteiger partial charge in [-0.05, 0) is 42.3 Å². The van der Waals surface area contributed by atoms with Crippen molar-refractivity contribution >= 4 is 21.9 Å². The number of carbonyl (C=O) groups is 2. The fraction of sp³-hybridized carbons (Fsp3) is 0.391. The van der Waals surface area contributed by atoms with E-state index >= 15 is 0 Å². The summed E-state index contributed by atoms with van der Waals surface area (Å²) in [5.74, 6) is -1.09. The highest BCUT2D eigenvalue weighted by molar-refractivity contribution is 7.89. The van der Waals surface area contributed by atoms with E-state index in [9.17, 15) is 22.4 Å². The number of benzene rings is 2. The first-order valence-corrected chi connectivity index (χ1v) is 12.3. The van der Waals surface area contributed by atoms with E-state index in [1.807, 2.05) is 18.2 Å². The number of nitrogens with zero attached hydrogens (tertiary/aromatic N) is 1. The Morgan fingerprint density at radius 3 is 2.47 bits per heavy atom. The average molecular weight is 495 g/mol. The van der Waals surface area contributed by atoms with Crippen molar-refractivity contribution in [2.75, 3.05) is 39.5 Å². The number of sulfonamides is 1. The van der Waals surface area contributed by atoms with E-state index in [4.69, 9.17) is 14.2 Å². The summed E-state index contributed by atoms with van der Waals surface area (Å²) in [5, 5.41) is 2.64. The molecule has 0 fully saturated rings. The first-order chi connectivity index (χ1) is 16.3. The summed E-state index contributed by atoms with van der Waals surface area (Å²) in [7, 11) is -4.11. The van der Waals surface area contributed by atoms with Crippen molar-refractivity contribution in [3.05, 3.63) is 53.3 Å². The lowest BCUT2D eigenvalue weighted by Gasteiger charge is -2.19. The molecule has 0 spiro atoms. The first-order valence-electron chi connectivity index (χ1n) is 10.9. The Bertz CT molecular complexity index is 1150. The zero-order valence-corrected chi connectivity index (χ0v) is 19.8. The molecular formula is C23H27FN2O7S. The summed E-state index contributed by atoms with van der Waals surface area (Å²) in [4.78, 5) is 23.8. The number of esters is 1. The molecule has 0 bridgehead atoms. The molecule has 0 unspecified atom stereocenters. The number of ether oxygens (including phenoxy) is 3. The molecule has 3 rings (SSSR count). The highest BCUT2D eigenvalue weighted by atomic mass is 32.2. The molecular weight excluding hydrogens is 467 g/mol. The molecule has 1 N–H and O–H groups in total. The topological polar surface area (TPSA) is 111 Å². The highest BCUT2D eigenvalue weighted by Crippen LogP contribution is 2.30. The van der Waals surface area contributed by atoms with Gasteiger partial charge in [0.15, 0.2) is 18.1 Å². The highest BCUT2D eigenvalue weighted by Gasteiger charge is 2.26. The van der Waals surface area contributed by atoms with Gasteiger partial charge in [-0.25, -0.2) is 17.6 Å². The Hall–Kier alpha value is -3.18. The fourth-order valence-electron chi connectivity index (χ4n) is 3.39. The average Bonchev–Trinajstić information content (AvgIpc) is 2.83. The molecule has 11 heteroatoms. The predicted molar refractivity (Wildman–Crippen MR) is 121 cm³/mol. The van der Waals surface area contributed by atoms with Crippen LogP contribution in [0.15, 0.2) is 41.3 Å². The standard InChI is InChI=1S/C23H27FN2O7S/c1-3-26(4-2)34(29,30)21-14-17(6-7-18(21)24)23(28)33-15-22(27)25-10-9-16-5-8-19-20(13-16)32-12-11-31-19/h5-8,13-14H,3-4,9-12,15H2,1-2H3,(H,25,27). The maximum atomic E-state index is 14.2. The van der Waals surface area contributed by atoms with Crippen LogP contribution in [0.1, 0.15) is 29.8 Å². The summed E-state index contributed by atoms with van der Waals surface area (Å²) >= 11 is 0. The molecule has 2 aromatic carbocycles. The van der Waals surface area contributed by atoms with Crippen LogP contribution in [0.4, 0.5) is 4.39 Å². The summed E-state index contributed by atoms with van der Waals surface area (Å²) in [5.41, 5.74) is 0.769. The molecule has 9 nitrogen and oxygen atoms in total. The van der Waals surface area contributed by atoms with Crippen LogP contribution in [-0.2, 0) is 26.0 Å². The molecule has 0 atom stereocenters. The van der Waals surface area contributed by atoms with E-state index in [1.165, 1.54) is 0 Å². The van der Waals surface area contributed by atoms with Crippen LogP contribution in [0, 0.1) is 5.82 Å². The lowest BCUT2D eigenvalue weighted by molar-refractivity contribution is -0.124. The predicted octanol–water partition coefficient (Wildman–Crippen LogP) is 2.14. The minimum Gasteiger partial charge on any atom is -0.486 e. The number of carbonyl (C=O) groups excluding carboxylic acids is 2. The van der Waals surface area contributed by atoms with Gasteiger partial charge >= 0.3 is 5.97 Å². The van der Waals surface area contributed by atoms with Gasteiger partial charge in [0.25, 0.3) is 5.91 Å². The third-order valence-corrected chi connectivity index (χ3v) is 7.23. The van der Waals surface area contributed by atoms with Gasteiger partial charge < -0.3 is 19.5 Å². The smallest absolute Gasteiger partial charge is 0.338 e.